The first-order valence-electron chi connectivity index (χ1n) is 6.22. The number of fused-ring (bicyclic) bond motifs is 2. The van der Waals surface area contributed by atoms with Gasteiger partial charge >= 0.3 is 0 Å². The summed E-state index contributed by atoms with van der Waals surface area (Å²) in [5.41, 5.74) is 1.83. The molecule has 19 heavy (non-hydrogen) atoms. The molecule has 0 aliphatic carbocycles. The summed E-state index contributed by atoms with van der Waals surface area (Å²) in [6, 6.07) is 15.1. The van der Waals surface area contributed by atoms with Crippen LogP contribution in [0.5, 0.6) is 0 Å². The van der Waals surface area contributed by atoms with Crippen LogP contribution in [0.3, 0.4) is 0 Å². The normalized spacial score (nSPS) is 12.4. The van der Waals surface area contributed by atoms with Gasteiger partial charge in [0.2, 0.25) is 0 Å². The van der Waals surface area contributed by atoms with Gasteiger partial charge in [0, 0.05) is 10.8 Å². The van der Waals surface area contributed by atoms with Gasteiger partial charge in [-0.05, 0) is 31.2 Å². The van der Waals surface area contributed by atoms with Crippen LogP contribution in [-0.2, 0) is 0 Å². The molecule has 0 fully saturated rings. The van der Waals surface area contributed by atoms with Crippen LogP contribution in [-0.4, -0.2) is 4.57 Å². The molecule has 0 aliphatic heterocycles. The van der Waals surface area contributed by atoms with Crippen LogP contribution in [0.25, 0.3) is 21.8 Å². The van der Waals surface area contributed by atoms with Crippen molar-refractivity contribution in [3.63, 3.8) is 0 Å². The number of terminal acetylenes is 1. The number of hydrogen-bond donors (Lipinski definition) is 0. The van der Waals surface area contributed by atoms with Gasteiger partial charge in [0.15, 0.2) is 5.43 Å². The van der Waals surface area contributed by atoms with Gasteiger partial charge in [-0.25, -0.2) is 0 Å². The highest BCUT2D eigenvalue weighted by atomic mass is 16.1. The van der Waals surface area contributed by atoms with Crippen LogP contribution < -0.4 is 5.43 Å². The zero-order chi connectivity index (χ0) is 13.4. The number of pyridine rings is 1. The van der Waals surface area contributed by atoms with Crippen molar-refractivity contribution in [2.75, 3.05) is 0 Å². The molecule has 1 aromatic heterocycles. The fourth-order valence-corrected chi connectivity index (χ4v) is 2.52. The Morgan fingerprint density at radius 2 is 1.47 bits per heavy atom. The second-order valence-electron chi connectivity index (χ2n) is 4.58. The van der Waals surface area contributed by atoms with Gasteiger partial charge in [-0.15, -0.1) is 6.42 Å². The Morgan fingerprint density at radius 3 is 1.95 bits per heavy atom. The number of para-hydroxylation sites is 2. The smallest absolute Gasteiger partial charge is 0.197 e. The minimum Gasteiger partial charge on any atom is -0.326 e. The Morgan fingerprint density at radius 1 is 1.00 bits per heavy atom. The van der Waals surface area contributed by atoms with Crippen molar-refractivity contribution >= 4 is 21.8 Å². The minimum atomic E-state index is -0.101. The first-order chi connectivity index (χ1) is 9.24. The van der Waals surface area contributed by atoms with Crippen molar-refractivity contribution in [2.45, 2.75) is 13.0 Å². The zero-order valence-electron chi connectivity index (χ0n) is 10.6. The first kappa shape index (κ1) is 11.6. The second kappa shape index (κ2) is 4.29. The molecule has 1 heterocycles. The predicted molar refractivity (Wildman–Crippen MR) is 79.3 cm³/mol. The van der Waals surface area contributed by atoms with E-state index in [0.29, 0.717) is 10.8 Å². The summed E-state index contributed by atoms with van der Waals surface area (Å²) in [6.07, 6.45) is 5.58. The molecule has 2 heteroatoms. The molecule has 3 aromatic rings. The van der Waals surface area contributed by atoms with E-state index in [4.69, 9.17) is 6.42 Å². The molecule has 0 unspecified atom stereocenters. The third-order valence-electron chi connectivity index (χ3n) is 3.44. The average molecular weight is 247 g/mol. The van der Waals surface area contributed by atoms with E-state index < -0.39 is 0 Å². The predicted octanol–water partition coefficient (Wildman–Crippen LogP) is 3.35. The van der Waals surface area contributed by atoms with Crippen LogP contribution in [0.2, 0.25) is 0 Å². The number of aromatic nitrogens is 1. The van der Waals surface area contributed by atoms with Crippen molar-refractivity contribution in [1.29, 1.82) is 0 Å². The maximum atomic E-state index is 12.5. The summed E-state index contributed by atoms with van der Waals surface area (Å²) in [5, 5.41) is 1.42. The van der Waals surface area contributed by atoms with E-state index in [-0.39, 0.29) is 11.5 Å². The molecular formula is C17H13NO. The van der Waals surface area contributed by atoms with Gasteiger partial charge in [-0.1, -0.05) is 30.2 Å². The Bertz CT molecular complexity index is 808. The molecule has 0 saturated carbocycles. The summed E-state index contributed by atoms with van der Waals surface area (Å²) < 4.78 is 2.05. The highest BCUT2D eigenvalue weighted by Crippen LogP contribution is 2.22. The lowest BCUT2D eigenvalue weighted by Crippen LogP contribution is -2.13. The van der Waals surface area contributed by atoms with Gasteiger partial charge in [-0.3, -0.25) is 4.79 Å². The third kappa shape index (κ3) is 1.63. The Kier molecular flexibility index (Phi) is 2.61. The van der Waals surface area contributed by atoms with Crippen molar-refractivity contribution < 1.29 is 0 Å². The molecular weight excluding hydrogens is 234 g/mol. The largest absolute Gasteiger partial charge is 0.326 e. The zero-order valence-corrected chi connectivity index (χ0v) is 10.6. The van der Waals surface area contributed by atoms with E-state index in [0.717, 1.165) is 11.0 Å². The summed E-state index contributed by atoms with van der Waals surface area (Å²) in [6.45, 7) is 1.96. The average Bonchev–Trinajstić information content (AvgIpc) is 2.47. The Hall–Kier alpha value is -2.53. The first-order valence-corrected chi connectivity index (χ1v) is 6.22. The quantitative estimate of drug-likeness (QED) is 0.477. The number of nitrogens with zero attached hydrogens (tertiary/aromatic N) is 1. The molecule has 0 radical (unpaired) electrons. The SMILES string of the molecule is C#C[C@@H](C)n1c2ccccc2c(=O)c2ccccc21. The van der Waals surface area contributed by atoms with Crippen LogP contribution in [0.1, 0.15) is 13.0 Å². The molecule has 0 bridgehead atoms. The van der Waals surface area contributed by atoms with E-state index >= 15 is 0 Å². The summed E-state index contributed by atoms with van der Waals surface area (Å²) in [7, 11) is 0. The topological polar surface area (TPSA) is 22.0 Å². The van der Waals surface area contributed by atoms with Crippen molar-refractivity contribution in [3.8, 4) is 12.3 Å². The molecule has 0 saturated heterocycles. The standard InChI is InChI=1S/C17H13NO/c1-3-12(2)18-15-10-6-4-8-13(15)17(19)14-9-5-7-11-16(14)18/h1,4-12H,2H3/t12-/m1/s1. The fourth-order valence-electron chi connectivity index (χ4n) is 2.52. The maximum Gasteiger partial charge on any atom is 0.197 e. The van der Waals surface area contributed by atoms with Crippen LogP contribution in [0.15, 0.2) is 53.3 Å². The van der Waals surface area contributed by atoms with Crippen molar-refractivity contribution in [1.82, 2.24) is 4.57 Å². The lowest BCUT2D eigenvalue weighted by molar-refractivity contribution is 0.730. The lowest BCUT2D eigenvalue weighted by atomic mass is 10.1. The summed E-state index contributed by atoms with van der Waals surface area (Å²) >= 11 is 0. The van der Waals surface area contributed by atoms with Gasteiger partial charge in [0.05, 0.1) is 17.1 Å². The van der Waals surface area contributed by atoms with Gasteiger partial charge in [-0.2, -0.15) is 0 Å². The second-order valence-corrected chi connectivity index (χ2v) is 4.58. The molecule has 92 valence electrons. The van der Waals surface area contributed by atoms with Crippen LogP contribution in [0, 0.1) is 12.3 Å². The van der Waals surface area contributed by atoms with Gasteiger partial charge < -0.3 is 4.57 Å². The van der Waals surface area contributed by atoms with E-state index in [2.05, 4.69) is 5.92 Å². The molecule has 3 rings (SSSR count). The molecule has 2 nitrogen and oxygen atoms in total. The molecule has 1 atom stereocenters. The number of hydrogen-bond acceptors (Lipinski definition) is 1. The Balaban J connectivity index is 2.65. The maximum absolute atomic E-state index is 12.5. The molecule has 0 amide bonds. The van der Waals surface area contributed by atoms with Gasteiger partial charge in [0.1, 0.15) is 0 Å². The highest BCUT2D eigenvalue weighted by Gasteiger charge is 2.12. The van der Waals surface area contributed by atoms with E-state index in [1.807, 2.05) is 60.0 Å². The fraction of sp³-hybridized carbons (Fsp3) is 0.118. The lowest BCUT2D eigenvalue weighted by Gasteiger charge is -2.17. The van der Waals surface area contributed by atoms with Gasteiger partial charge in [0.25, 0.3) is 0 Å². The van der Waals surface area contributed by atoms with Crippen molar-refractivity contribution in [3.05, 3.63) is 58.8 Å². The third-order valence-corrected chi connectivity index (χ3v) is 3.44. The highest BCUT2D eigenvalue weighted by molar-refractivity contribution is 5.93. The molecule has 0 N–H and O–H groups in total. The number of rotatable bonds is 1. The molecule has 2 aromatic carbocycles. The summed E-state index contributed by atoms with van der Waals surface area (Å²) in [4.78, 5) is 12.5. The van der Waals surface area contributed by atoms with Crippen molar-refractivity contribution in [2.24, 2.45) is 0 Å². The number of benzene rings is 2. The monoisotopic (exact) mass is 247 g/mol. The Labute approximate surface area is 111 Å². The van der Waals surface area contributed by atoms with E-state index in [1.165, 1.54) is 0 Å². The van der Waals surface area contributed by atoms with Crippen LogP contribution >= 0.6 is 0 Å². The molecule has 0 aliphatic rings. The summed E-state index contributed by atoms with van der Waals surface area (Å²) in [5.74, 6) is 2.75. The van der Waals surface area contributed by atoms with Crippen LogP contribution in [0.4, 0.5) is 0 Å². The molecule has 0 spiro atoms. The van der Waals surface area contributed by atoms with E-state index in [9.17, 15) is 4.79 Å². The minimum absolute atomic E-state index is 0.0617. The van der Waals surface area contributed by atoms with E-state index in [1.54, 1.807) is 0 Å².